The molecule has 3 aromatic rings. The van der Waals surface area contributed by atoms with Gasteiger partial charge in [-0.15, -0.1) is 0 Å². The Morgan fingerprint density at radius 1 is 1.25 bits per heavy atom. The highest BCUT2D eigenvalue weighted by atomic mass is 16.5. The molecule has 0 amide bonds. The molecule has 0 aliphatic carbocycles. The minimum Gasteiger partial charge on any atom is -0.504 e. The van der Waals surface area contributed by atoms with E-state index in [0.29, 0.717) is 16.5 Å². The monoisotopic (exact) mass is 273 g/mol. The maximum Gasteiger partial charge on any atom is 0.260 e. The van der Waals surface area contributed by atoms with Crippen molar-refractivity contribution < 1.29 is 14.9 Å². The molecule has 0 saturated heterocycles. The smallest absolute Gasteiger partial charge is 0.260 e. The summed E-state index contributed by atoms with van der Waals surface area (Å²) in [5, 5.41) is 20.9. The number of phenols is 2. The van der Waals surface area contributed by atoms with Crippen molar-refractivity contribution in [2.24, 2.45) is 0 Å². The summed E-state index contributed by atoms with van der Waals surface area (Å²) in [5.74, 6) is -0.456. The Morgan fingerprint density at radius 3 is 2.70 bits per heavy atom. The predicted octanol–water partition coefficient (Wildman–Crippen LogP) is 1.08. The minimum atomic E-state index is -0.499. The maximum atomic E-state index is 12.1. The number of nitrogens with zero attached hydrogens (tertiary/aromatic N) is 1. The topological polar surface area (TPSA) is 121 Å². The molecule has 1 heterocycles. The van der Waals surface area contributed by atoms with Crippen LogP contribution < -0.4 is 16.0 Å². The molecule has 3 rings (SSSR count). The summed E-state index contributed by atoms with van der Waals surface area (Å²) < 4.78 is 5.10. The molecule has 5 N–H and O–H groups in total. The van der Waals surface area contributed by atoms with Crippen molar-refractivity contribution >= 4 is 27.6 Å². The Kier molecular flexibility index (Phi) is 2.43. The number of hydrogen-bond donors (Lipinski definition) is 4. The summed E-state index contributed by atoms with van der Waals surface area (Å²) in [6, 6.07) is 4.76. The molecule has 0 saturated carbocycles. The first kappa shape index (κ1) is 12.1. The van der Waals surface area contributed by atoms with Crippen molar-refractivity contribution in [1.29, 1.82) is 0 Å². The van der Waals surface area contributed by atoms with Crippen LogP contribution in [0.25, 0.3) is 21.7 Å². The standard InChI is InChI=1S/C13H11N3O4/c1-20-5-2-3-6-7(4-5)8-9(11(18)10(6)17)15-13(14)16-12(8)19/h2-4,17-18H,1H3,(H3,14,15,16,19). The number of aromatic amines is 1. The number of rotatable bonds is 1. The van der Waals surface area contributed by atoms with Crippen molar-refractivity contribution in [3.05, 3.63) is 28.6 Å². The Hall–Kier alpha value is -2.96. The van der Waals surface area contributed by atoms with Gasteiger partial charge in [0.1, 0.15) is 11.3 Å². The second kappa shape index (κ2) is 4.02. The SMILES string of the molecule is COc1ccc2c(O)c(O)c3nc(N)[nH]c(=O)c3c2c1. The van der Waals surface area contributed by atoms with Crippen LogP contribution in [0.3, 0.4) is 0 Å². The lowest BCUT2D eigenvalue weighted by atomic mass is 10.0. The van der Waals surface area contributed by atoms with Crippen LogP contribution in [0.15, 0.2) is 23.0 Å². The van der Waals surface area contributed by atoms with Crippen molar-refractivity contribution in [2.75, 3.05) is 12.8 Å². The normalized spacial score (nSPS) is 11.1. The summed E-state index contributed by atoms with van der Waals surface area (Å²) >= 11 is 0. The molecule has 0 atom stereocenters. The van der Waals surface area contributed by atoms with Gasteiger partial charge in [-0.05, 0) is 18.2 Å². The quantitative estimate of drug-likeness (QED) is 0.389. The Balaban J connectivity index is 2.66. The van der Waals surface area contributed by atoms with Crippen LogP contribution in [0.1, 0.15) is 0 Å². The Labute approximate surface area is 112 Å². The van der Waals surface area contributed by atoms with E-state index < -0.39 is 11.3 Å². The number of aromatic hydroxyl groups is 2. The van der Waals surface area contributed by atoms with Gasteiger partial charge < -0.3 is 20.7 Å². The highest BCUT2D eigenvalue weighted by Gasteiger charge is 2.17. The van der Waals surface area contributed by atoms with Crippen LogP contribution >= 0.6 is 0 Å². The molecule has 2 aromatic carbocycles. The van der Waals surface area contributed by atoms with Crippen LogP contribution in [0.4, 0.5) is 5.95 Å². The zero-order valence-corrected chi connectivity index (χ0v) is 10.5. The lowest BCUT2D eigenvalue weighted by Crippen LogP contribution is -2.11. The molecule has 0 aliphatic rings. The number of benzene rings is 2. The van der Waals surface area contributed by atoms with Gasteiger partial charge in [0.25, 0.3) is 5.56 Å². The van der Waals surface area contributed by atoms with E-state index in [4.69, 9.17) is 10.5 Å². The van der Waals surface area contributed by atoms with Crippen molar-refractivity contribution in [2.45, 2.75) is 0 Å². The van der Waals surface area contributed by atoms with Gasteiger partial charge in [0.15, 0.2) is 11.5 Å². The fraction of sp³-hybridized carbons (Fsp3) is 0.0769. The van der Waals surface area contributed by atoms with Gasteiger partial charge in [-0.2, -0.15) is 0 Å². The highest BCUT2D eigenvalue weighted by molar-refractivity contribution is 6.12. The second-order valence-corrected chi connectivity index (χ2v) is 4.28. The van der Waals surface area contributed by atoms with Gasteiger partial charge >= 0.3 is 0 Å². The molecule has 102 valence electrons. The van der Waals surface area contributed by atoms with E-state index in [-0.39, 0.29) is 22.6 Å². The molecule has 0 unspecified atom stereocenters. The third-order valence-electron chi connectivity index (χ3n) is 3.14. The second-order valence-electron chi connectivity index (χ2n) is 4.28. The number of phenolic OH excluding ortho intramolecular Hbond substituents is 2. The number of nitrogens with one attached hydrogen (secondary N) is 1. The fourth-order valence-electron chi connectivity index (χ4n) is 2.22. The van der Waals surface area contributed by atoms with E-state index in [2.05, 4.69) is 9.97 Å². The van der Waals surface area contributed by atoms with Gasteiger partial charge in [0, 0.05) is 10.8 Å². The number of H-pyrrole nitrogens is 1. The average Bonchev–Trinajstić information content (AvgIpc) is 2.43. The third-order valence-corrected chi connectivity index (χ3v) is 3.14. The van der Waals surface area contributed by atoms with Crippen molar-refractivity contribution in [3.8, 4) is 17.2 Å². The number of nitrogens with two attached hydrogens (primary N) is 1. The van der Waals surface area contributed by atoms with Crippen LogP contribution in [0, 0.1) is 0 Å². The van der Waals surface area contributed by atoms with E-state index >= 15 is 0 Å². The molecule has 0 aliphatic heterocycles. The summed E-state index contributed by atoms with van der Waals surface area (Å²) in [5.41, 5.74) is 4.91. The first-order valence-electron chi connectivity index (χ1n) is 5.74. The zero-order chi connectivity index (χ0) is 14.4. The summed E-state index contributed by atoms with van der Waals surface area (Å²) in [6.07, 6.45) is 0. The number of hydrogen-bond acceptors (Lipinski definition) is 6. The van der Waals surface area contributed by atoms with Crippen LogP contribution in [0.2, 0.25) is 0 Å². The third kappa shape index (κ3) is 1.53. The molecule has 20 heavy (non-hydrogen) atoms. The van der Waals surface area contributed by atoms with Crippen LogP contribution in [0.5, 0.6) is 17.2 Å². The first-order valence-corrected chi connectivity index (χ1v) is 5.74. The average molecular weight is 273 g/mol. The minimum absolute atomic E-state index is 0.0514. The molecule has 7 heteroatoms. The molecule has 0 bridgehead atoms. The Bertz CT molecular complexity index is 902. The number of methoxy groups -OCH3 is 1. The molecule has 0 radical (unpaired) electrons. The first-order chi connectivity index (χ1) is 9.52. The van der Waals surface area contributed by atoms with E-state index in [9.17, 15) is 15.0 Å². The predicted molar refractivity (Wildman–Crippen MR) is 74.2 cm³/mol. The molecule has 0 fully saturated rings. The summed E-state index contributed by atoms with van der Waals surface area (Å²) in [7, 11) is 1.49. The fourth-order valence-corrected chi connectivity index (χ4v) is 2.22. The zero-order valence-electron chi connectivity index (χ0n) is 10.5. The van der Waals surface area contributed by atoms with Gasteiger partial charge in [0.05, 0.1) is 12.5 Å². The lowest BCUT2D eigenvalue weighted by molar-refractivity contribution is 0.410. The number of anilines is 1. The van der Waals surface area contributed by atoms with E-state index in [1.54, 1.807) is 18.2 Å². The molecule has 0 spiro atoms. The maximum absolute atomic E-state index is 12.1. The van der Waals surface area contributed by atoms with Gasteiger partial charge in [-0.25, -0.2) is 4.98 Å². The van der Waals surface area contributed by atoms with E-state index in [1.165, 1.54) is 7.11 Å². The van der Waals surface area contributed by atoms with Crippen molar-refractivity contribution in [3.63, 3.8) is 0 Å². The van der Waals surface area contributed by atoms with Crippen molar-refractivity contribution in [1.82, 2.24) is 9.97 Å². The molecule has 7 nitrogen and oxygen atoms in total. The Morgan fingerprint density at radius 2 is 2.00 bits per heavy atom. The molecule has 1 aromatic heterocycles. The van der Waals surface area contributed by atoms with Gasteiger partial charge in [-0.1, -0.05) is 0 Å². The largest absolute Gasteiger partial charge is 0.504 e. The number of aromatic nitrogens is 2. The van der Waals surface area contributed by atoms with E-state index in [1.807, 2.05) is 0 Å². The number of nitrogen functional groups attached to an aromatic ring is 1. The number of fused-ring (bicyclic) bond motifs is 3. The highest BCUT2D eigenvalue weighted by Crippen LogP contribution is 2.40. The number of ether oxygens (including phenoxy) is 1. The van der Waals surface area contributed by atoms with E-state index in [0.717, 1.165) is 0 Å². The molecular weight excluding hydrogens is 262 g/mol. The summed E-state index contributed by atoms with van der Waals surface area (Å²) in [6.45, 7) is 0. The molecular formula is C13H11N3O4. The van der Waals surface area contributed by atoms with Gasteiger partial charge in [-0.3, -0.25) is 9.78 Å². The van der Waals surface area contributed by atoms with Crippen LogP contribution in [-0.2, 0) is 0 Å². The lowest BCUT2D eigenvalue weighted by Gasteiger charge is -2.09. The van der Waals surface area contributed by atoms with Gasteiger partial charge in [0.2, 0.25) is 5.95 Å². The van der Waals surface area contributed by atoms with Crippen LogP contribution in [-0.4, -0.2) is 27.3 Å². The summed E-state index contributed by atoms with van der Waals surface area (Å²) in [4.78, 5) is 18.3.